The van der Waals surface area contributed by atoms with E-state index in [2.05, 4.69) is 20.0 Å². The molecule has 0 bridgehead atoms. The van der Waals surface area contributed by atoms with Gasteiger partial charge in [0.2, 0.25) is 5.95 Å². The lowest BCUT2D eigenvalue weighted by Gasteiger charge is -2.24. The van der Waals surface area contributed by atoms with Crippen molar-refractivity contribution in [1.29, 1.82) is 0 Å². The van der Waals surface area contributed by atoms with Crippen molar-refractivity contribution in [2.45, 2.75) is 39.5 Å². The molecule has 190 valence electrons. The van der Waals surface area contributed by atoms with Gasteiger partial charge in [0, 0.05) is 20.6 Å². The van der Waals surface area contributed by atoms with Gasteiger partial charge in [-0.15, -0.1) is 0 Å². The molecule has 0 saturated carbocycles. The number of benzene rings is 1. The average molecular weight is 506 g/mol. The summed E-state index contributed by atoms with van der Waals surface area (Å²) in [6, 6.07) is 7.83. The number of carbonyl (C=O) groups is 1. The van der Waals surface area contributed by atoms with Crippen molar-refractivity contribution in [3.8, 4) is 5.75 Å². The van der Waals surface area contributed by atoms with E-state index in [-0.39, 0.29) is 25.0 Å². The maximum Gasteiger partial charge on any atom is 0.342 e. The van der Waals surface area contributed by atoms with Crippen LogP contribution < -0.4 is 20.2 Å². The Morgan fingerprint density at radius 1 is 1.20 bits per heavy atom. The summed E-state index contributed by atoms with van der Waals surface area (Å²) >= 11 is 0. The van der Waals surface area contributed by atoms with E-state index in [1.807, 2.05) is 25.1 Å². The first kappa shape index (κ1) is 26.4. The van der Waals surface area contributed by atoms with Gasteiger partial charge in [0.15, 0.2) is 17.0 Å². The van der Waals surface area contributed by atoms with Gasteiger partial charge in [0.1, 0.15) is 18.1 Å². The third-order valence-electron chi connectivity index (χ3n) is 4.72. The number of fused-ring (bicyclic) bond motifs is 1. The molecular formula is C22H32N7O5P. The number of nitrogens with zero attached hydrogens (tertiary/aromatic N) is 5. The van der Waals surface area contributed by atoms with Gasteiger partial charge in [-0.1, -0.05) is 18.2 Å². The molecule has 0 aliphatic rings. The summed E-state index contributed by atoms with van der Waals surface area (Å²) in [5.41, 5.74) is 7.03. The van der Waals surface area contributed by atoms with E-state index in [4.69, 9.17) is 19.7 Å². The molecule has 3 N–H and O–H groups in total. The summed E-state index contributed by atoms with van der Waals surface area (Å²) in [6.45, 7) is 5.61. The zero-order chi connectivity index (χ0) is 25.6. The third kappa shape index (κ3) is 7.14. The maximum absolute atomic E-state index is 13.6. The molecule has 0 amide bonds. The first-order valence-electron chi connectivity index (χ1n) is 11.1. The Kier molecular flexibility index (Phi) is 8.66. The molecule has 2 heterocycles. The van der Waals surface area contributed by atoms with Crippen molar-refractivity contribution in [1.82, 2.24) is 24.6 Å². The number of nitrogens with two attached hydrogens (primary N) is 1. The molecule has 3 aromatic rings. The molecule has 2 aromatic heterocycles. The first-order valence-corrected chi connectivity index (χ1v) is 12.9. The first-order chi connectivity index (χ1) is 16.6. The van der Waals surface area contributed by atoms with Crippen LogP contribution in [0.15, 0.2) is 36.7 Å². The molecular weight excluding hydrogens is 473 g/mol. The monoisotopic (exact) mass is 505 g/mol. The molecule has 12 nitrogen and oxygen atoms in total. The third-order valence-corrected chi connectivity index (χ3v) is 6.52. The van der Waals surface area contributed by atoms with E-state index in [1.54, 1.807) is 55.9 Å². The molecule has 2 atom stereocenters. The summed E-state index contributed by atoms with van der Waals surface area (Å²) in [5.74, 6) is 0.603. The van der Waals surface area contributed by atoms with Crippen molar-refractivity contribution < 1.29 is 23.4 Å². The summed E-state index contributed by atoms with van der Waals surface area (Å²) in [4.78, 5) is 27.0. The van der Waals surface area contributed by atoms with Crippen molar-refractivity contribution in [2.75, 3.05) is 37.7 Å². The predicted molar refractivity (Wildman–Crippen MR) is 133 cm³/mol. The molecule has 1 unspecified atom stereocenters. The minimum absolute atomic E-state index is 0.135. The Hall–Kier alpha value is -3.21. The van der Waals surface area contributed by atoms with Crippen LogP contribution in [0.25, 0.3) is 11.2 Å². The molecule has 1 aromatic carbocycles. The second-order valence-corrected chi connectivity index (χ2v) is 10.4. The fourth-order valence-electron chi connectivity index (χ4n) is 3.19. The highest BCUT2D eigenvalue weighted by Crippen LogP contribution is 2.43. The van der Waals surface area contributed by atoms with Crippen LogP contribution >= 0.6 is 7.52 Å². The van der Waals surface area contributed by atoms with Gasteiger partial charge in [-0.25, -0.2) is 10.1 Å². The summed E-state index contributed by atoms with van der Waals surface area (Å²) in [7, 11) is 0.0633. The molecule has 0 fully saturated rings. The zero-order valence-corrected chi connectivity index (χ0v) is 21.4. The van der Waals surface area contributed by atoms with Crippen LogP contribution in [0.4, 0.5) is 11.8 Å². The Morgan fingerprint density at radius 2 is 1.91 bits per heavy atom. The number of rotatable bonds is 12. The quantitative estimate of drug-likeness (QED) is 0.213. The number of aromatic nitrogens is 4. The molecule has 0 saturated heterocycles. The van der Waals surface area contributed by atoms with Crippen LogP contribution in [-0.4, -0.2) is 64.7 Å². The molecule has 0 radical (unpaired) electrons. The van der Waals surface area contributed by atoms with Crippen LogP contribution in [0.1, 0.15) is 20.8 Å². The van der Waals surface area contributed by atoms with Gasteiger partial charge in [-0.3, -0.25) is 9.36 Å². The highest BCUT2D eigenvalue weighted by molar-refractivity contribution is 7.57. The molecule has 0 spiro atoms. The van der Waals surface area contributed by atoms with Crippen molar-refractivity contribution in [3.05, 3.63) is 36.7 Å². The number of nitrogens with one attached hydrogen (secondary N) is 1. The van der Waals surface area contributed by atoms with Crippen LogP contribution in [0.5, 0.6) is 5.75 Å². The maximum atomic E-state index is 13.6. The van der Waals surface area contributed by atoms with E-state index in [0.29, 0.717) is 29.3 Å². The molecule has 35 heavy (non-hydrogen) atoms. The fourth-order valence-corrected chi connectivity index (χ4v) is 4.90. The van der Waals surface area contributed by atoms with E-state index in [1.165, 1.54) is 0 Å². The van der Waals surface area contributed by atoms with Crippen LogP contribution in [0.3, 0.4) is 0 Å². The largest absolute Gasteiger partial charge is 0.462 e. The number of para-hydroxylation sites is 1. The van der Waals surface area contributed by atoms with Gasteiger partial charge in [-0.05, 0) is 32.9 Å². The van der Waals surface area contributed by atoms with E-state index in [0.717, 1.165) is 0 Å². The number of hydrogen-bond acceptors (Lipinski definition) is 10. The van der Waals surface area contributed by atoms with E-state index in [9.17, 15) is 9.36 Å². The van der Waals surface area contributed by atoms with Crippen molar-refractivity contribution >= 4 is 36.4 Å². The van der Waals surface area contributed by atoms with Gasteiger partial charge in [0.25, 0.3) is 0 Å². The van der Waals surface area contributed by atoms with Crippen molar-refractivity contribution in [3.63, 3.8) is 0 Å². The summed E-state index contributed by atoms with van der Waals surface area (Å²) in [6.07, 6.45) is 1.05. The fraction of sp³-hybridized carbons (Fsp3) is 0.455. The molecule has 3 rings (SSSR count). The Bertz CT molecular complexity index is 1190. The van der Waals surface area contributed by atoms with Gasteiger partial charge >= 0.3 is 13.5 Å². The van der Waals surface area contributed by atoms with Gasteiger partial charge in [0.05, 0.1) is 19.0 Å². The van der Waals surface area contributed by atoms with Crippen LogP contribution in [0, 0.1) is 0 Å². The predicted octanol–water partition coefficient (Wildman–Crippen LogP) is 2.65. The normalized spacial score (nSPS) is 14.0. The standard InChI is InChI=1S/C22H32N7O5P/c1-15(2)33-21(30)16(3)27-35(31,34-17-9-7-6-8-10-17)14-32-12-11-29-13-24-18-19(28(4)5)25-22(23)26-20(18)29/h6-10,13,15-16H,11-12,14H2,1-5H3,(H,27,31)(H2,23,25,26)/t16-,35?/m0/s1. The number of hydrogen-bond donors (Lipinski definition) is 2. The lowest BCUT2D eigenvalue weighted by atomic mass is 10.3. The summed E-state index contributed by atoms with van der Waals surface area (Å²) < 4.78 is 32.0. The zero-order valence-electron chi connectivity index (χ0n) is 20.5. The molecule has 0 aliphatic heterocycles. The molecule has 13 heteroatoms. The SMILES string of the molecule is CC(C)OC(=O)[C@H](C)NP(=O)(COCCn1cnc2c(N(C)C)nc(N)nc21)Oc1ccccc1. The minimum atomic E-state index is -3.63. The number of anilines is 2. The van der Waals surface area contributed by atoms with Crippen LogP contribution in [-0.2, 0) is 25.4 Å². The number of carbonyl (C=O) groups excluding carboxylic acids is 1. The number of esters is 1. The van der Waals surface area contributed by atoms with E-state index >= 15 is 0 Å². The van der Waals surface area contributed by atoms with E-state index < -0.39 is 19.5 Å². The van der Waals surface area contributed by atoms with Crippen LogP contribution in [0.2, 0.25) is 0 Å². The highest BCUT2D eigenvalue weighted by atomic mass is 31.2. The molecule has 0 aliphatic carbocycles. The van der Waals surface area contributed by atoms with Gasteiger partial charge < -0.3 is 29.2 Å². The number of ether oxygens (including phenoxy) is 2. The lowest BCUT2D eigenvalue weighted by molar-refractivity contribution is -0.149. The van der Waals surface area contributed by atoms with Crippen molar-refractivity contribution in [2.24, 2.45) is 0 Å². The van der Waals surface area contributed by atoms with Gasteiger partial charge in [-0.2, -0.15) is 9.97 Å². The lowest BCUT2D eigenvalue weighted by Crippen LogP contribution is -2.36. The Labute approximate surface area is 204 Å². The Balaban J connectivity index is 1.68. The summed E-state index contributed by atoms with van der Waals surface area (Å²) in [5, 5.41) is 2.77. The number of imidazole rings is 1. The highest BCUT2D eigenvalue weighted by Gasteiger charge is 2.31. The average Bonchev–Trinajstić information content (AvgIpc) is 3.18. The number of nitrogen functional groups attached to an aromatic ring is 1. The Morgan fingerprint density at radius 3 is 2.57 bits per heavy atom. The minimum Gasteiger partial charge on any atom is -0.462 e. The smallest absolute Gasteiger partial charge is 0.342 e. The second-order valence-electron chi connectivity index (χ2n) is 8.36. The second kappa shape index (κ2) is 11.5. The topological polar surface area (TPSA) is 147 Å².